The van der Waals surface area contributed by atoms with Gasteiger partial charge in [-0.25, -0.2) is 0 Å². The zero-order valence-corrected chi connectivity index (χ0v) is 20.0. The molecule has 186 valence electrons. The molecule has 0 aliphatic carbocycles. The number of phenolic OH excluding ortho intramolecular Hbond substituents is 4. The van der Waals surface area contributed by atoms with E-state index in [0.29, 0.717) is 25.9 Å². The number of hydrogen-bond acceptors (Lipinski definition) is 6. The van der Waals surface area contributed by atoms with E-state index in [4.69, 9.17) is 0 Å². The van der Waals surface area contributed by atoms with Gasteiger partial charge in [0.25, 0.3) is 0 Å². The average Bonchev–Trinajstić information content (AvgIpc) is 2.88. The summed E-state index contributed by atoms with van der Waals surface area (Å²) in [6, 6.07) is 28.5. The van der Waals surface area contributed by atoms with Gasteiger partial charge in [-0.05, 0) is 48.2 Å². The molecule has 0 fully saturated rings. The Morgan fingerprint density at radius 3 is 1.00 bits per heavy atom. The first-order valence-corrected chi connectivity index (χ1v) is 12.1. The Bertz CT molecular complexity index is 1180. The molecule has 0 bridgehead atoms. The molecule has 0 aromatic heterocycles. The van der Waals surface area contributed by atoms with E-state index in [1.54, 1.807) is 48.5 Å². The van der Waals surface area contributed by atoms with Crippen LogP contribution >= 0.6 is 0 Å². The minimum absolute atomic E-state index is 0.191. The van der Waals surface area contributed by atoms with Crippen molar-refractivity contribution in [3.63, 3.8) is 0 Å². The van der Waals surface area contributed by atoms with Crippen LogP contribution in [0.15, 0.2) is 97.1 Å². The molecule has 0 aliphatic rings. The van der Waals surface area contributed by atoms with Gasteiger partial charge >= 0.3 is 0 Å². The lowest BCUT2D eigenvalue weighted by Gasteiger charge is -2.30. The predicted octanol–water partition coefficient (Wildman–Crippen LogP) is 4.61. The minimum Gasteiger partial charge on any atom is -0.508 e. The highest BCUT2D eigenvalue weighted by Gasteiger charge is 2.24. The Morgan fingerprint density at radius 1 is 0.417 bits per heavy atom. The molecule has 0 aliphatic heterocycles. The number of hydrogen-bond donors (Lipinski definition) is 6. The van der Waals surface area contributed by atoms with Gasteiger partial charge in [-0.2, -0.15) is 0 Å². The van der Waals surface area contributed by atoms with E-state index in [-0.39, 0.29) is 35.1 Å². The Morgan fingerprint density at radius 2 is 0.694 bits per heavy atom. The lowest BCUT2D eigenvalue weighted by atomic mass is 9.92. The first-order valence-electron chi connectivity index (χ1n) is 12.1. The summed E-state index contributed by atoms with van der Waals surface area (Å²) in [6.07, 6.45) is 1.01. The zero-order valence-electron chi connectivity index (χ0n) is 20.0. The fourth-order valence-corrected chi connectivity index (χ4v) is 4.36. The van der Waals surface area contributed by atoms with Gasteiger partial charge in [0.05, 0.1) is 0 Å². The van der Waals surface area contributed by atoms with Crippen molar-refractivity contribution in [3.8, 4) is 23.0 Å². The van der Waals surface area contributed by atoms with Crippen molar-refractivity contribution in [1.29, 1.82) is 0 Å². The SMILES string of the molecule is Oc1ccccc1CNC(Cc1ccccc1O)C(Cc1ccccc1O)NCc1ccccc1O. The Hall–Kier alpha value is -4.00. The molecule has 4 aromatic carbocycles. The summed E-state index contributed by atoms with van der Waals surface area (Å²) >= 11 is 0. The highest BCUT2D eigenvalue weighted by molar-refractivity contribution is 5.36. The Kier molecular flexibility index (Phi) is 8.44. The van der Waals surface area contributed by atoms with E-state index in [1.165, 1.54) is 0 Å². The van der Waals surface area contributed by atoms with Crippen LogP contribution in [0.5, 0.6) is 23.0 Å². The summed E-state index contributed by atoms with van der Waals surface area (Å²) < 4.78 is 0. The molecule has 6 heteroatoms. The van der Waals surface area contributed by atoms with Gasteiger partial charge in [0.2, 0.25) is 0 Å². The average molecular weight is 485 g/mol. The molecule has 0 saturated carbocycles. The summed E-state index contributed by atoms with van der Waals surface area (Å²) in [6.45, 7) is 0.834. The lowest BCUT2D eigenvalue weighted by Crippen LogP contribution is -2.50. The van der Waals surface area contributed by atoms with Crippen LogP contribution in [0.4, 0.5) is 0 Å². The van der Waals surface area contributed by atoms with Crippen molar-refractivity contribution in [2.45, 2.75) is 38.0 Å². The molecule has 0 saturated heterocycles. The fourth-order valence-electron chi connectivity index (χ4n) is 4.36. The van der Waals surface area contributed by atoms with Crippen LogP contribution in [-0.4, -0.2) is 32.5 Å². The van der Waals surface area contributed by atoms with Crippen molar-refractivity contribution >= 4 is 0 Å². The van der Waals surface area contributed by atoms with Crippen LogP contribution in [0.3, 0.4) is 0 Å². The molecule has 36 heavy (non-hydrogen) atoms. The number of phenols is 4. The topological polar surface area (TPSA) is 105 Å². The zero-order chi connectivity index (χ0) is 25.3. The van der Waals surface area contributed by atoms with Gasteiger partial charge in [-0.15, -0.1) is 0 Å². The molecular formula is C30H32N2O4. The highest BCUT2D eigenvalue weighted by atomic mass is 16.3. The van der Waals surface area contributed by atoms with Crippen LogP contribution in [0.25, 0.3) is 0 Å². The van der Waals surface area contributed by atoms with Crippen LogP contribution in [0.1, 0.15) is 22.3 Å². The van der Waals surface area contributed by atoms with Crippen LogP contribution in [0.2, 0.25) is 0 Å². The normalized spacial score (nSPS) is 12.8. The molecule has 0 heterocycles. The van der Waals surface area contributed by atoms with E-state index in [2.05, 4.69) is 10.6 Å². The van der Waals surface area contributed by atoms with Crippen molar-refractivity contribution in [2.24, 2.45) is 0 Å². The smallest absolute Gasteiger partial charge is 0.120 e. The number of rotatable bonds is 11. The lowest BCUT2D eigenvalue weighted by molar-refractivity contribution is 0.346. The van der Waals surface area contributed by atoms with E-state index < -0.39 is 0 Å². The van der Waals surface area contributed by atoms with E-state index in [9.17, 15) is 20.4 Å². The highest BCUT2D eigenvalue weighted by Crippen LogP contribution is 2.24. The summed E-state index contributed by atoms with van der Waals surface area (Å²) in [7, 11) is 0. The maximum absolute atomic E-state index is 10.5. The van der Waals surface area contributed by atoms with Crippen molar-refractivity contribution < 1.29 is 20.4 Å². The second-order valence-corrected chi connectivity index (χ2v) is 8.90. The summed E-state index contributed by atoms with van der Waals surface area (Å²) in [5.74, 6) is 0.860. The first kappa shape index (κ1) is 25.1. The fraction of sp³-hybridized carbons (Fsp3) is 0.200. The van der Waals surface area contributed by atoms with Gasteiger partial charge in [0.1, 0.15) is 23.0 Å². The summed E-state index contributed by atoms with van der Waals surface area (Å²) in [5, 5.41) is 48.7. The molecular weight excluding hydrogens is 452 g/mol. The third-order valence-corrected chi connectivity index (χ3v) is 6.44. The largest absolute Gasteiger partial charge is 0.508 e. The standard InChI is InChI=1S/C30H32N2O4/c33-27-13-5-1-9-21(27)17-25(31-19-23-11-3-7-15-29(23)35)26(18-22-10-2-6-14-28(22)34)32-20-24-12-4-8-16-30(24)36/h1-16,25-26,31-36H,17-20H2. The summed E-state index contributed by atoms with van der Waals surface area (Å²) in [5.41, 5.74) is 3.11. The molecule has 0 amide bonds. The molecule has 2 unspecified atom stereocenters. The van der Waals surface area contributed by atoms with E-state index in [0.717, 1.165) is 22.3 Å². The third kappa shape index (κ3) is 6.56. The number of benzene rings is 4. The van der Waals surface area contributed by atoms with Crippen LogP contribution in [-0.2, 0) is 25.9 Å². The molecule has 6 N–H and O–H groups in total. The molecule has 6 nitrogen and oxygen atoms in total. The van der Waals surface area contributed by atoms with Crippen molar-refractivity contribution in [3.05, 3.63) is 119 Å². The van der Waals surface area contributed by atoms with Crippen LogP contribution in [0, 0.1) is 0 Å². The van der Waals surface area contributed by atoms with E-state index >= 15 is 0 Å². The van der Waals surface area contributed by atoms with E-state index in [1.807, 2.05) is 48.5 Å². The maximum Gasteiger partial charge on any atom is 0.120 e. The molecule has 0 radical (unpaired) electrons. The maximum atomic E-state index is 10.5. The molecule has 2 atom stereocenters. The van der Waals surface area contributed by atoms with Gasteiger partial charge in [-0.3, -0.25) is 0 Å². The minimum atomic E-state index is -0.191. The number of aromatic hydroxyl groups is 4. The van der Waals surface area contributed by atoms with Crippen molar-refractivity contribution in [1.82, 2.24) is 10.6 Å². The number of nitrogens with one attached hydrogen (secondary N) is 2. The summed E-state index contributed by atoms with van der Waals surface area (Å²) in [4.78, 5) is 0. The monoisotopic (exact) mass is 484 g/mol. The molecule has 0 spiro atoms. The van der Waals surface area contributed by atoms with Crippen molar-refractivity contribution in [2.75, 3.05) is 0 Å². The Balaban J connectivity index is 1.64. The third-order valence-electron chi connectivity index (χ3n) is 6.44. The van der Waals surface area contributed by atoms with Gasteiger partial charge < -0.3 is 31.1 Å². The quantitative estimate of drug-likeness (QED) is 0.186. The van der Waals surface area contributed by atoms with Gasteiger partial charge in [-0.1, -0.05) is 72.8 Å². The first-order chi connectivity index (χ1) is 17.5. The number of para-hydroxylation sites is 4. The predicted molar refractivity (Wildman–Crippen MR) is 141 cm³/mol. The van der Waals surface area contributed by atoms with Gasteiger partial charge in [0.15, 0.2) is 0 Å². The molecule has 4 aromatic rings. The second kappa shape index (κ2) is 12.1. The second-order valence-electron chi connectivity index (χ2n) is 8.90. The molecule has 4 rings (SSSR count). The Labute approximate surface area is 211 Å². The van der Waals surface area contributed by atoms with Gasteiger partial charge in [0, 0.05) is 36.3 Å². The van der Waals surface area contributed by atoms with Crippen LogP contribution < -0.4 is 10.6 Å².